The van der Waals surface area contributed by atoms with Crippen LogP contribution in [0.15, 0.2) is 48.5 Å². The normalized spacial score (nSPS) is 12.2. The van der Waals surface area contributed by atoms with Gasteiger partial charge in [-0.2, -0.15) is 0 Å². The van der Waals surface area contributed by atoms with E-state index in [4.69, 9.17) is 16.3 Å². The molecule has 30 heavy (non-hydrogen) atoms. The van der Waals surface area contributed by atoms with Crippen molar-refractivity contribution in [3.8, 4) is 5.75 Å². The zero-order valence-corrected chi connectivity index (χ0v) is 19.1. The van der Waals surface area contributed by atoms with Crippen LogP contribution in [0.5, 0.6) is 5.75 Å². The first kappa shape index (κ1) is 23.7. The van der Waals surface area contributed by atoms with Crippen LogP contribution in [0.4, 0.5) is 0 Å². The van der Waals surface area contributed by atoms with E-state index in [0.29, 0.717) is 17.2 Å². The lowest BCUT2D eigenvalue weighted by atomic mass is 10.1. The summed E-state index contributed by atoms with van der Waals surface area (Å²) in [6.45, 7) is 9.67. The topological polar surface area (TPSA) is 58.6 Å². The molecule has 0 bridgehead atoms. The maximum absolute atomic E-state index is 13.2. The molecule has 1 unspecified atom stereocenters. The fourth-order valence-electron chi connectivity index (χ4n) is 3.12. The monoisotopic (exact) mass is 430 g/mol. The Hall–Kier alpha value is -2.53. The van der Waals surface area contributed by atoms with Crippen molar-refractivity contribution in [2.24, 2.45) is 0 Å². The first-order chi connectivity index (χ1) is 14.1. The van der Waals surface area contributed by atoms with Crippen LogP contribution in [0.2, 0.25) is 5.02 Å². The number of nitrogens with one attached hydrogen (secondary N) is 1. The predicted octanol–water partition coefficient (Wildman–Crippen LogP) is 4.75. The number of halogens is 1. The molecule has 5 nitrogen and oxygen atoms in total. The number of carbonyl (C=O) groups excluding carboxylic acids is 2. The SMILES string of the molecule is CCC(C(=O)NC(C)(C)C)N(Cc1ccccc1Cl)C(=O)COc1cccc(C)c1. The highest BCUT2D eigenvalue weighted by atomic mass is 35.5. The Morgan fingerprint density at radius 1 is 1.13 bits per heavy atom. The summed E-state index contributed by atoms with van der Waals surface area (Å²) in [6, 6.07) is 14.2. The fourth-order valence-corrected chi connectivity index (χ4v) is 3.31. The molecule has 0 aliphatic rings. The van der Waals surface area contributed by atoms with Gasteiger partial charge in [0.25, 0.3) is 5.91 Å². The maximum atomic E-state index is 13.2. The van der Waals surface area contributed by atoms with E-state index in [2.05, 4.69) is 5.32 Å². The largest absolute Gasteiger partial charge is 0.484 e. The maximum Gasteiger partial charge on any atom is 0.261 e. The molecule has 2 rings (SSSR count). The summed E-state index contributed by atoms with van der Waals surface area (Å²) in [5.41, 5.74) is 1.43. The zero-order valence-electron chi connectivity index (χ0n) is 18.4. The fraction of sp³-hybridized carbons (Fsp3) is 0.417. The third-order valence-electron chi connectivity index (χ3n) is 4.53. The molecule has 0 aromatic heterocycles. The molecule has 2 aromatic carbocycles. The Bertz CT molecular complexity index is 877. The molecule has 0 aliphatic heterocycles. The number of amides is 2. The predicted molar refractivity (Wildman–Crippen MR) is 121 cm³/mol. The van der Waals surface area contributed by atoms with Crippen molar-refractivity contribution in [3.63, 3.8) is 0 Å². The summed E-state index contributed by atoms with van der Waals surface area (Å²) in [5.74, 6) is 0.154. The highest BCUT2D eigenvalue weighted by molar-refractivity contribution is 6.31. The molecule has 0 fully saturated rings. The lowest BCUT2D eigenvalue weighted by molar-refractivity contribution is -0.143. The number of aryl methyl sites for hydroxylation is 1. The number of carbonyl (C=O) groups is 2. The van der Waals surface area contributed by atoms with Gasteiger partial charge >= 0.3 is 0 Å². The lowest BCUT2D eigenvalue weighted by Gasteiger charge is -2.33. The molecule has 0 heterocycles. The van der Waals surface area contributed by atoms with Gasteiger partial charge in [-0.1, -0.05) is 48.9 Å². The van der Waals surface area contributed by atoms with Crippen LogP contribution in [-0.2, 0) is 16.1 Å². The van der Waals surface area contributed by atoms with Crippen LogP contribution in [0.1, 0.15) is 45.2 Å². The second-order valence-electron chi connectivity index (χ2n) is 8.38. The summed E-state index contributed by atoms with van der Waals surface area (Å²) in [5, 5.41) is 3.54. The van der Waals surface area contributed by atoms with Crippen molar-refractivity contribution >= 4 is 23.4 Å². The van der Waals surface area contributed by atoms with Gasteiger partial charge in [-0.05, 0) is 63.4 Å². The van der Waals surface area contributed by atoms with Crippen LogP contribution in [0.25, 0.3) is 0 Å². The molecule has 0 radical (unpaired) electrons. The minimum atomic E-state index is -0.630. The van der Waals surface area contributed by atoms with Gasteiger partial charge in [0, 0.05) is 17.1 Å². The first-order valence-electron chi connectivity index (χ1n) is 10.1. The number of ether oxygens (including phenoxy) is 1. The van der Waals surface area contributed by atoms with Crippen molar-refractivity contribution in [3.05, 3.63) is 64.7 Å². The van der Waals surface area contributed by atoms with Crippen molar-refractivity contribution in [1.82, 2.24) is 10.2 Å². The Balaban J connectivity index is 2.25. The Morgan fingerprint density at radius 2 is 1.83 bits per heavy atom. The molecule has 0 spiro atoms. The molecule has 2 amide bonds. The Kier molecular flexibility index (Phi) is 8.30. The lowest BCUT2D eigenvalue weighted by Crippen LogP contribution is -2.54. The average Bonchev–Trinajstić information content (AvgIpc) is 2.66. The molecule has 6 heteroatoms. The average molecular weight is 431 g/mol. The van der Waals surface area contributed by atoms with Crippen LogP contribution >= 0.6 is 11.6 Å². The van der Waals surface area contributed by atoms with E-state index in [-0.39, 0.29) is 25.0 Å². The molecule has 0 saturated heterocycles. The molecule has 162 valence electrons. The number of hydrogen-bond donors (Lipinski definition) is 1. The minimum Gasteiger partial charge on any atom is -0.484 e. The molecular formula is C24H31ClN2O3. The molecule has 1 N–H and O–H groups in total. The van der Waals surface area contributed by atoms with Crippen LogP contribution in [0, 0.1) is 6.92 Å². The molecular weight excluding hydrogens is 400 g/mol. The molecule has 2 aromatic rings. The third-order valence-corrected chi connectivity index (χ3v) is 4.90. The van der Waals surface area contributed by atoms with E-state index >= 15 is 0 Å². The van der Waals surface area contributed by atoms with Crippen molar-refractivity contribution < 1.29 is 14.3 Å². The van der Waals surface area contributed by atoms with Gasteiger partial charge in [0.1, 0.15) is 11.8 Å². The van der Waals surface area contributed by atoms with Crippen molar-refractivity contribution in [2.45, 2.75) is 59.2 Å². The van der Waals surface area contributed by atoms with Crippen molar-refractivity contribution in [2.75, 3.05) is 6.61 Å². The summed E-state index contributed by atoms with van der Waals surface area (Å²) in [6.07, 6.45) is 0.475. The minimum absolute atomic E-state index is 0.160. The Morgan fingerprint density at radius 3 is 2.43 bits per heavy atom. The van der Waals surface area contributed by atoms with Gasteiger partial charge in [0.05, 0.1) is 0 Å². The third kappa shape index (κ3) is 7.06. The molecule has 0 saturated carbocycles. The van der Waals surface area contributed by atoms with E-state index in [1.807, 2.05) is 77.1 Å². The van der Waals surface area contributed by atoms with Crippen LogP contribution < -0.4 is 10.1 Å². The van der Waals surface area contributed by atoms with Gasteiger partial charge in [-0.3, -0.25) is 9.59 Å². The van der Waals surface area contributed by atoms with Gasteiger partial charge in [-0.25, -0.2) is 0 Å². The second-order valence-corrected chi connectivity index (χ2v) is 8.79. The standard InChI is InChI=1S/C24H31ClN2O3/c1-6-21(23(29)26-24(3,4)5)27(15-18-11-7-8-13-20(18)25)22(28)16-30-19-12-9-10-17(2)14-19/h7-14,21H,6,15-16H2,1-5H3,(H,26,29). The number of benzene rings is 2. The van der Waals surface area contributed by atoms with Crippen LogP contribution in [0.3, 0.4) is 0 Å². The smallest absolute Gasteiger partial charge is 0.261 e. The van der Waals surface area contributed by atoms with E-state index in [9.17, 15) is 9.59 Å². The van der Waals surface area contributed by atoms with Gasteiger partial charge in [-0.15, -0.1) is 0 Å². The van der Waals surface area contributed by atoms with Gasteiger partial charge < -0.3 is 15.0 Å². The zero-order chi connectivity index (χ0) is 22.3. The highest BCUT2D eigenvalue weighted by Gasteiger charge is 2.31. The van der Waals surface area contributed by atoms with Crippen LogP contribution in [-0.4, -0.2) is 34.9 Å². The second kappa shape index (κ2) is 10.5. The van der Waals surface area contributed by atoms with Gasteiger partial charge in [0.15, 0.2) is 6.61 Å². The summed E-state index contributed by atoms with van der Waals surface area (Å²) < 4.78 is 5.72. The van der Waals surface area contributed by atoms with Gasteiger partial charge in [0.2, 0.25) is 5.91 Å². The van der Waals surface area contributed by atoms with E-state index in [1.165, 1.54) is 0 Å². The number of rotatable bonds is 8. The summed E-state index contributed by atoms with van der Waals surface area (Å²) in [4.78, 5) is 27.7. The molecule has 1 atom stereocenters. The van der Waals surface area contributed by atoms with E-state index in [0.717, 1.165) is 11.1 Å². The summed E-state index contributed by atoms with van der Waals surface area (Å²) >= 11 is 6.33. The quantitative estimate of drug-likeness (QED) is 0.657. The highest BCUT2D eigenvalue weighted by Crippen LogP contribution is 2.21. The summed E-state index contributed by atoms with van der Waals surface area (Å²) in [7, 11) is 0. The number of hydrogen-bond acceptors (Lipinski definition) is 3. The van der Waals surface area contributed by atoms with Crippen molar-refractivity contribution in [1.29, 1.82) is 0 Å². The van der Waals surface area contributed by atoms with E-state index in [1.54, 1.807) is 11.0 Å². The first-order valence-corrected chi connectivity index (χ1v) is 10.5. The Labute approximate surface area is 184 Å². The van der Waals surface area contributed by atoms with E-state index < -0.39 is 11.6 Å². The molecule has 0 aliphatic carbocycles. The number of nitrogens with zero attached hydrogens (tertiary/aromatic N) is 1.